The minimum absolute atomic E-state index is 0. The first-order chi connectivity index (χ1) is 34.3. The van der Waals surface area contributed by atoms with Gasteiger partial charge < -0.3 is 25.9 Å². The van der Waals surface area contributed by atoms with Crippen molar-refractivity contribution in [3.63, 3.8) is 0 Å². The molecule has 0 aliphatic rings. The molecule has 9 aromatic rings. The van der Waals surface area contributed by atoms with Crippen molar-refractivity contribution in [3.8, 4) is 11.5 Å². The van der Waals surface area contributed by atoms with Gasteiger partial charge in [0.1, 0.15) is 29.4 Å². The number of aromatic nitrogens is 2. The quantitative estimate of drug-likeness (QED) is 0.0386. The van der Waals surface area contributed by atoms with Crippen LogP contribution >= 0.6 is 62.7 Å². The van der Waals surface area contributed by atoms with Gasteiger partial charge in [0.25, 0.3) is 6.47 Å². The van der Waals surface area contributed by atoms with Crippen molar-refractivity contribution in [2.45, 2.75) is 19.6 Å². The molecular weight excluding hydrogens is 1380 g/mol. The molecule has 0 aliphatic carbocycles. The summed E-state index contributed by atoms with van der Waals surface area (Å²) in [6, 6.07) is 49.2. The molecule has 1 N–H and O–H groups in total. The molecule has 0 radical (unpaired) electrons. The Morgan fingerprint density at radius 3 is 1.69 bits per heavy atom. The number of para-hydroxylation sites is 3. The zero-order valence-electron chi connectivity index (χ0n) is 39.7. The van der Waals surface area contributed by atoms with Crippen molar-refractivity contribution >= 4 is 109 Å². The number of carbonyl (C=O) groups excluding carboxylic acids is 3. The van der Waals surface area contributed by atoms with E-state index in [9.17, 15) is 22.9 Å². The molecule has 0 bridgehead atoms. The van der Waals surface area contributed by atoms with E-state index in [1.54, 1.807) is 79.1 Å². The summed E-state index contributed by atoms with van der Waals surface area (Å²) < 4.78 is 56.8. The number of fused-ring (bicyclic) bond motifs is 2. The van der Waals surface area contributed by atoms with Gasteiger partial charge in [0.2, 0.25) is 0 Å². The Morgan fingerprint density at radius 2 is 1.16 bits per heavy atom. The fraction of sp³-hybridized carbons (Fsp3) is 0.0556. The second-order valence-electron chi connectivity index (χ2n) is 14.7. The van der Waals surface area contributed by atoms with Crippen LogP contribution in [0.25, 0.3) is 21.8 Å². The minimum atomic E-state index is -4.12. The molecule has 1 atom stereocenters. The second kappa shape index (κ2) is 33.5. The van der Waals surface area contributed by atoms with Crippen LogP contribution in [-0.2, 0) is 20.7 Å². The summed E-state index contributed by atoms with van der Waals surface area (Å²) in [6.07, 6.45) is 4.40. The fourth-order valence-corrected chi connectivity index (χ4v) is 9.55. The molecule has 0 saturated heterocycles. The van der Waals surface area contributed by atoms with Crippen LogP contribution in [0.4, 0.5) is 14.5 Å². The van der Waals surface area contributed by atoms with Gasteiger partial charge in [-0.2, -0.15) is 0 Å². The Balaban J connectivity index is 0.000000389. The van der Waals surface area contributed by atoms with Gasteiger partial charge in [0.05, 0.1) is 16.6 Å². The maximum absolute atomic E-state index is 15.0. The molecule has 7 aromatic carbocycles. The first-order valence-corrected chi connectivity index (χ1v) is 24.8. The van der Waals surface area contributed by atoms with E-state index in [0.717, 1.165) is 42.6 Å². The van der Waals surface area contributed by atoms with Gasteiger partial charge in [0.15, 0.2) is 11.6 Å². The zero-order chi connectivity index (χ0) is 50.8. The Kier molecular flexibility index (Phi) is 29.7. The van der Waals surface area contributed by atoms with Crippen LogP contribution in [-0.4, -0.2) is 28.5 Å². The van der Waals surface area contributed by atoms with E-state index in [0.29, 0.717) is 32.8 Å². The zero-order valence-corrected chi connectivity index (χ0v) is 56.9. The topological polar surface area (TPSA) is 157 Å². The maximum atomic E-state index is 15.0. The SMILES string of the molecule is C.O=C(Cc1ccc2ncc(Br)cc2c1)c1cc(Cl)ccc1F.O=CO[O-].O=Cc1ccc2ncc(Br)cc2c1.O=P(Oc1ccccc1)(Oc1ccccc1)C(Nc1ccccc1)c1cc(Cl)ccc1F.[Cs+].[Cs+].[H-]. The molecule has 0 fully saturated rings. The third-order valence-electron chi connectivity index (χ3n) is 9.75. The normalized spacial score (nSPS) is 10.5. The average Bonchev–Trinajstić information content (AvgIpc) is 3.38. The molecule has 20 heteroatoms. The first-order valence-electron chi connectivity index (χ1n) is 20.9. The first kappa shape index (κ1) is 65.5. The van der Waals surface area contributed by atoms with Crippen molar-refractivity contribution in [3.05, 3.63) is 241 Å². The fourth-order valence-electron chi connectivity index (χ4n) is 6.58. The Labute approximate surface area is 572 Å². The summed E-state index contributed by atoms with van der Waals surface area (Å²) >= 11 is 18.7. The van der Waals surface area contributed by atoms with Crippen molar-refractivity contribution in [1.82, 2.24) is 9.97 Å². The van der Waals surface area contributed by atoms with Crippen LogP contribution in [0, 0.1) is 11.6 Å². The van der Waals surface area contributed by atoms with Gasteiger partial charge in [-0.1, -0.05) is 91.3 Å². The summed E-state index contributed by atoms with van der Waals surface area (Å²) in [5.74, 6) is -1.98. The molecule has 0 amide bonds. The van der Waals surface area contributed by atoms with E-state index >= 15 is 0 Å². The number of hydrogen-bond acceptors (Lipinski definition) is 11. The summed E-state index contributed by atoms with van der Waals surface area (Å²) in [6.45, 7) is -0.181. The van der Waals surface area contributed by atoms with E-state index in [-0.39, 0.29) is 176 Å². The predicted octanol–water partition coefficient (Wildman–Crippen LogP) is 9.16. The molecule has 370 valence electrons. The molecule has 0 aliphatic heterocycles. The van der Waals surface area contributed by atoms with Crippen LogP contribution in [0.5, 0.6) is 11.5 Å². The number of nitrogens with zero attached hydrogens (tertiary/aromatic N) is 2. The van der Waals surface area contributed by atoms with Crippen molar-refractivity contribution in [1.29, 1.82) is 0 Å². The van der Waals surface area contributed by atoms with Gasteiger partial charge in [-0.25, -0.2) is 13.3 Å². The number of carbonyl (C=O) groups is 3. The van der Waals surface area contributed by atoms with Crippen LogP contribution in [0.3, 0.4) is 0 Å². The summed E-state index contributed by atoms with van der Waals surface area (Å²) in [5.41, 5.74) is 3.91. The van der Waals surface area contributed by atoms with Crippen LogP contribution in [0.2, 0.25) is 10.0 Å². The summed E-state index contributed by atoms with van der Waals surface area (Å²) in [5, 5.41) is 14.1. The number of hydrogen-bond donors (Lipinski definition) is 1. The molecule has 1 unspecified atom stereocenters. The number of nitrogens with one attached hydrogen (secondary N) is 1. The van der Waals surface area contributed by atoms with Crippen molar-refractivity contribution in [2.75, 3.05) is 5.32 Å². The minimum Gasteiger partial charge on any atom is -1.00 e. The van der Waals surface area contributed by atoms with E-state index < -0.39 is 25.0 Å². The summed E-state index contributed by atoms with van der Waals surface area (Å²) in [4.78, 5) is 42.5. The maximum Gasteiger partial charge on any atom is 1.00 e. The van der Waals surface area contributed by atoms with Gasteiger partial charge in [-0.15, -0.1) is 0 Å². The second-order valence-corrected chi connectivity index (χ2v) is 19.4. The number of benzene rings is 7. The summed E-state index contributed by atoms with van der Waals surface area (Å²) in [7, 11) is -4.12. The van der Waals surface area contributed by atoms with E-state index in [2.05, 4.69) is 52.0 Å². The Morgan fingerprint density at radius 1 is 0.676 bits per heavy atom. The third-order valence-corrected chi connectivity index (χ3v) is 13.1. The molecule has 0 saturated carbocycles. The predicted molar refractivity (Wildman–Crippen MR) is 285 cm³/mol. The largest absolute Gasteiger partial charge is 1.00 e. The number of rotatable bonds is 13. The van der Waals surface area contributed by atoms with Gasteiger partial charge >= 0.3 is 145 Å². The van der Waals surface area contributed by atoms with E-state index in [1.807, 2.05) is 72.8 Å². The molecule has 2 heterocycles. The molecule has 0 spiro atoms. The number of pyridine rings is 2. The standard InChI is InChI=1S/C25H20ClFNO3P.C17H10BrClFNO.C10H6BrNO.CH2O3.CH4.2Cs.H/c26-19-16-17-24(27)23(18-19)25(28-20-10-4-1-5-11-20)32(29,30-21-12-6-2-7-13-21)31-22-14-8-3-9-15-22;18-12-7-11-5-10(1-4-16(11)21-9-12)6-17(22)14-8-13(19)2-3-15(14)20;11-9-4-8-3-7(6-13)1-2-10(8)12-5-9;2-1-4-3;;;;/h1-18,25,28H;1-5,7-9H,6H2;1-6H;1,3H;1H4;;;/q;;;;;2*+1;-1/p-1. The van der Waals surface area contributed by atoms with E-state index in [1.165, 1.54) is 36.4 Å². The van der Waals surface area contributed by atoms with Gasteiger partial charge in [-0.3, -0.25) is 24.4 Å². The van der Waals surface area contributed by atoms with Crippen LogP contribution in [0.15, 0.2) is 197 Å². The van der Waals surface area contributed by atoms with Gasteiger partial charge in [-0.05, 0) is 153 Å². The third kappa shape index (κ3) is 20.2. The molecule has 2 aromatic heterocycles. The van der Waals surface area contributed by atoms with Crippen LogP contribution < -0.4 is 157 Å². The molecule has 9 rings (SSSR count). The molecule has 74 heavy (non-hydrogen) atoms. The number of aldehydes is 1. The number of anilines is 1. The number of halogens is 6. The Bertz CT molecular complexity index is 3270. The van der Waals surface area contributed by atoms with E-state index in [4.69, 9.17) is 42.3 Å². The monoisotopic (exact) mass is 1420 g/mol. The smallest absolute Gasteiger partial charge is 1.00 e. The van der Waals surface area contributed by atoms with Crippen LogP contribution in [0.1, 0.15) is 46.5 Å². The average molecular weight is 1430 g/mol. The number of ketones is 1. The number of Topliss-reactive ketones (excluding diaryl/α,β-unsaturated/α-hetero) is 1. The van der Waals surface area contributed by atoms with Gasteiger partial charge in [0, 0.05) is 65.4 Å². The molecular formula is C54H42Br2Cl2Cs2F2N3O8P. The molecule has 11 nitrogen and oxygen atoms in total. The Hall–Kier alpha value is -2.74. The van der Waals surface area contributed by atoms with Crippen molar-refractivity contribution < 1.29 is 186 Å². The van der Waals surface area contributed by atoms with Crippen molar-refractivity contribution in [2.24, 2.45) is 0 Å².